The monoisotopic (exact) mass is 294 g/mol. The molecule has 0 unspecified atom stereocenters. The number of likely N-dealkylation sites (tertiary alicyclic amines) is 1. The van der Waals surface area contributed by atoms with Crippen molar-refractivity contribution in [1.29, 1.82) is 0 Å². The lowest BCUT2D eigenvalue weighted by Crippen LogP contribution is -2.36. The molecular formula is C15H23FN4O. The molecule has 6 heteroatoms. The molecular weight excluding hydrogens is 271 g/mol. The second-order valence-electron chi connectivity index (χ2n) is 5.75. The summed E-state index contributed by atoms with van der Waals surface area (Å²) in [7, 11) is 4.05. The molecule has 0 amide bonds. The summed E-state index contributed by atoms with van der Waals surface area (Å²) in [5, 5.41) is 11.8. The standard InChI is InChI=1S/C15H23FN4O/c1-19-8-6-11(7-9-19)10-20(2)13-5-3-4-12(16)14(13)15(17)18-21/h3-5,11,21H,6-10H2,1-2H3,(H2,17,18). The first-order chi connectivity index (χ1) is 10.0. The number of benzene rings is 1. The Hall–Kier alpha value is -1.82. The predicted molar refractivity (Wildman–Crippen MR) is 82.4 cm³/mol. The summed E-state index contributed by atoms with van der Waals surface area (Å²) in [6, 6.07) is 4.76. The van der Waals surface area contributed by atoms with E-state index in [4.69, 9.17) is 10.9 Å². The number of rotatable bonds is 4. The van der Waals surface area contributed by atoms with E-state index >= 15 is 0 Å². The summed E-state index contributed by atoms with van der Waals surface area (Å²) in [5.74, 6) is -0.0917. The van der Waals surface area contributed by atoms with Crippen LogP contribution < -0.4 is 10.6 Å². The van der Waals surface area contributed by atoms with Crippen molar-refractivity contribution >= 4 is 11.5 Å². The highest BCUT2D eigenvalue weighted by atomic mass is 19.1. The molecule has 0 spiro atoms. The molecule has 0 aromatic heterocycles. The molecule has 0 aliphatic carbocycles. The van der Waals surface area contributed by atoms with Crippen LogP contribution in [-0.4, -0.2) is 49.7 Å². The number of amidine groups is 1. The Kier molecular flexibility index (Phi) is 5.01. The van der Waals surface area contributed by atoms with E-state index in [2.05, 4.69) is 17.1 Å². The number of halogens is 1. The van der Waals surface area contributed by atoms with Crippen molar-refractivity contribution in [2.24, 2.45) is 16.8 Å². The van der Waals surface area contributed by atoms with Gasteiger partial charge in [-0.2, -0.15) is 0 Å². The largest absolute Gasteiger partial charge is 0.409 e. The van der Waals surface area contributed by atoms with Crippen LogP contribution in [-0.2, 0) is 0 Å². The molecule has 0 radical (unpaired) electrons. The summed E-state index contributed by atoms with van der Waals surface area (Å²) < 4.78 is 14.0. The van der Waals surface area contributed by atoms with Crippen LogP contribution in [0.2, 0.25) is 0 Å². The fourth-order valence-corrected chi connectivity index (χ4v) is 2.86. The Bertz CT molecular complexity index is 512. The molecule has 1 aromatic carbocycles. The number of anilines is 1. The van der Waals surface area contributed by atoms with Gasteiger partial charge in [0, 0.05) is 13.6 Å². The Morgan fingerprint density at radius 1 is 1.48 bits per heavy atom. The van der Waals surface area contributed by atoms with Gasteiger partial charge in [-0.3, -0.25) is 0 Å². The van der Waals surface area contributed by atoms with E-state index in [9.17, 15) is 4.39 Å². The number of oxime groups is 1. The molecule has 21 heavy (non-hydrogen) atoms. The fourth-order valence-electron chi connectivity index (χ4n) is 2.86. The van der Waals surface area contributed by atoms with Crippen LogP contribution in [0.4, 0.5) is 10.1 Å². The van der Waals surface area contributed by atoms with Crippen molar-refractivity contribution in [1.82, 2.24) is 4.90 Å². The van der Waals surface area contributed by atoms with Crippen LogP contribution >= 0.6 is 0 Å². The maximum absolute atomic E-state index is 14.0. The lowest BCUT2D eigenvalue weighted by atomic mass is 9.96. The molecule has 1 saturated heterocycles. The Balaban J connectivity index is 2.15. The van der Waals surface area contributed by atoms with Crippen LogP contribution in [0.1, 0.15) is 18.4 Å². The van der Waals surface area contributed by atoms with Gasteiger partial charge >= 0.3 is 0 Å². The zero-order chi connectivity index (χ0) is 15.4. The molecule has 1 fully saturated rings. The van der Waals surface area contributed by atoms with E-state index < -0.39 is 5.82 Å². The molecule has 3 N–H and O–H groups in total. The molecule has 2 rings (SSSR count). The van der Waals surface area contributed by atoms with Crippen molar-refractivity contribution in [3.8, 4) is 0 Å². The third kappa shape index (κ3) is 3.64. The lowest BCUT2D eigenvalue weighted by molar-refractivity contribution is 0.222. The van der Waals surface area contributed by atoms with Gasteiger partial charge in [0.25, 0.3) is 0 Å². The average Bonchev–Trinajstić information content (AvgIpc) is 2.48. The number of hydrogen-bond acceptors (Lipinski definition) is 4. The van der Waals surface area contributed by atoms with Gasteiger partial charge in [-0.05, 0) is 51.0 Å². The smallest absolute Gasteiger partial charge is 0.175 e. The summed E-state index contributed by atoms with van der Waals surface area (Å²) in [6.07, 6.45) is 2.27. The quantitative estimate of drug-likeness (QED) is 0.384. The third-order valence-corrected chi connectivity index (χ3v) is 4.14. The van der Waals surface area contributed by atoms with Crippen LogP contribution in [0.5, 0.6) is 0 Å². The highest BCUT2D eigenvalue weighted by Gasteiger charge is 2.21. The summed E-state index contributed by atoms with van der Waals surface area (Å²) >= 11 is 0. The van der Waals surface area contributed by atoms with Crippen LogP contribution in [0.25, 0.3) is 0 Å². The molecule has 0 atom stereocenters. The maximum Gasteiger partial charge on any atom is 0.175 e. The van der Waals surface area contributed by atoms with E-state index in [0.29, 0.717) is 11.6 Å². The van der Waals surface area contributed by atoms with Gasteiger partial charge in [0.05, 0.1) is 11.3 Å². The maximum atomic E-state index is 14.0. The topological polar surface area (TPSA) is 65.1 Å². The van der Waals surface area contributed by atoms with E-state index in [1.807, 2.05) is 11.9 Å². The fraction of sp³-hybridized carbons (Fsp3) is 0.533. The SMILES string of the molecule is CN1CCC(CN(C)c2cccc(F)c2C(N)=NO)CC1. The van der Waals surface area contributed by atoms with E-state index in [-0.39, 0.29) is 11.4 Å². The van der Waals surface area contributed by atoms with Crippen LogP contribution in [0.15, 0.2) is 23.4 Å². The van der Waals surface area contributed by atoms with Gasteiger partial charge in [0.2, 0.25) is 0 Å². The molecule has 1 aliphatic heterocycles. The van der Waals surface area contributed by atoms with Gasteiger partial charge < -0.3 is 20.7 Å². The normalized spacial score (nSPS) is 18.0. The van der Waals surface area contributed by atoms with Crippen molar-refractivity contribution in [3.63, 3.8) is 0 Å². The highest BCUT2D eigenvalue weighted by molar-refractivity contribution is 6.02. The zero-order valence-electron chi connectivity index (χ0n) is 12.6. The van der Waals surface area contributed by atoms with Gasteiger partial charge in [0.15, 0.2) is 5.84 Å². The minimum absolute atomic E-state index is 0.162. The van der Waals surface area contributed by atoms with E-state index in [1.54, 1.807) is 12.1 Å². The molecule has 1 aromatic rings. The zero-order valence-corrected chi connectivity index (χ0v) is 12.6. The number of hydrogen-bond donors (Lipinski definition) is 2. The Morgan fingerprint density at radius 2 is 2.14 bits per heavy atom. The Labute approximate surface area is 124 Å². The van der Waals surface area contributed by atoms with Gasteiger partial charge in [-0.25, -0.2) is 4.39 Å². The van der Waals surface area contributed by atoms with Gasteiger partial charge in [-0.15, -0.1) is 0 Å². The molecule has 5 nitrogen and oxygen atoms in total. The molecule has 0 bridgehead atoms. The third-order valence-electron chi connectivity index (χ3n) is 4.14. The number of piperidine rings is 1. The second-order valence-corrected chi connectivity index (χ2v) is 5.75. The van der Waals surface area contributed by atoms with Gasteiger partial charge in [0.1, 0.15) is 5.82 Å². The van der Waals surface area contributed by atoms with E-state index in [1.165, 1.54) is 6.07 Å². The number of nitrogens with two attached hydrogens (primary N) is 1. The molecule has 1 heterocycles. The second kappa shape index (κ2) is 6.76. The molecule has 1 aliphatic rings. The lowest BCUT2D eigenvalue weighted by Gasteiger charge is -2.33. The first-order valence-corrected chi connectivity index (χ1v) is 7.19. The minimum atomic E-state index is -0.474. The Morgan fingerprint density at radius 3 is 2.76 bits per heavy atom. The summed E-state index contributed by atoms with van der Waals surface area (Å²) in [4.78, 5) is 4.31. The number of nitrogens with zero attached hydrogens (tertiary/aromatic N) is 3. The highest BCUT2D eigenvalue weighted by Crippen LogP contribution is 2.25. The average molecular weight is 294 g/mol. The van der Waals surface area contributed by atoms with Crippen molar-refractivity contribution in [2.75, 3.05) is 38.6 Å². The predicted octanol–water partition coefficient (Wildman–Crippen LogP) is 1.70. The van der Waals surface area contributed by atoms with Crippen molar-refractivity contribution in [3.05, 3.63) is 29.6 Å². The first kappa shape index (κ1) is 15.6. The van der Waals surface area contributed by atoms with Gasteiger partial charge in [-0.1, -0.05) is 11.2 Å². The first-order valence-electron chi connectivity index (χ1n) is 7.19. The van der Waals surface area contributed by atoms with E-state index in [0.717, 1.165) is 32.5 Å². The molecule has 0 saturated carbocycles. The summed E-state index contributed by atoms with van der Waals surface area (Å²) in [5.41, 5.74) is 6.43. The van der Waals surface area contributed by atoms with Crippen molar-refractivity contribution in [2.45, 2.75) is 12.8 Å². The minimum Gasteiger partial charge on any atom is -0.409 e. The summed E-state index contributed by atoms with van der Waals surface area (Å²) in [6.45, 7) is 3.02. The van der Waals surface area contributed by atoms with Crippen LogP contribution in [0.3, 0.4) is 0 Å². The van der Waals surface area contributed by atoms with Crippen molar-refractivity contribution < 1.29 is 9.60 Å². The van der Waals surface area contributed by atoms with Crippen LogP contribution in [0, 0.1) is 11.7 Å². The molecule has 116 valence electrons.